The van der Waals surface area contributed by atoms with E-state index in [2.05, 4.69) is 5.32 Å². The predicted octanol–water partition coefficient (Wildman–Crippen LogP) is 6.25. The van der Waals surface area contributed by atoms with Gasteiger partial charge in [-0.3, -0.25) is 4.79 Å². The molecule has 3 rings (SSSR count). The van der Waals surface area contributed by atoms with E-state index in [1.807, 2.05) is 43.3 Å². The molecule has 1 amide bonds. The van der Waals surface area contributed by atoms with Gasteiger partial charge in [-0.2, -0.15) is 5.26 Å². The van der Waals surface area contributed by atoms with Gasteiger partial charge in [0.15, 0.2) is 0 Å². The predicted molar refractivity (Wildman–Crippen MR) is 127 cm³/mol. The monoisotopic (exact) mass is 446 g/mol. The van der Waals surface area contributed by atoms with Gasteiger partial charge in [0.2, 0.25) is 0 Å². The summed E-state index contributed by atoms with van der Waals surface area (Å²) < 4.78 is 11.3. The summed E-state index contributed by atoms with van der Waals surface area (Å²) in [6, 6.07) is 23.9. The van der Waals surface area contributed by atoms with Crippen LogP contribution in [0.1, 0.15) is 24.5 Å². The number of ether oxygens (including phenoxy) is 2. The molecule has 0 unspecified atom stereocenters. The Morgan fingerprint density at radius 1 is 1.06 bits per heavy atom. The van der Waals surface area contributed by atoms with Gasteiger partial charge in [-0.25, -0.2) is 0 Å². The molecule has 0 aliphatic heterocycles. The smallest absolute Gasteiger partial charge is 0.266 e. The summed E-state index contributed by atoms with van der Waals surface area (Å²) in [5.74, 6) is 0.749. The Kier molecular flexibility index (Phi) is 8.30. The Morgan fingerprint density at radius 3 is 2.47 bits per heavy atom. The number of amides is 1. The van der Waals surface area contributed by atoms with Crippen LogP contribution in [-0.2, 0) is 11.4 Å². The molecule has 0 aliphatic rings. The third-order valence-corrected chi connectivity index (χ3v) is 4.75. The van der Waals surface area contributed by atoms with E-state index in [-0.39, 0.29) is 5.57 Å². The third-order valence-electron chi connectivity index (χ3n) is 4.45. The maximum atomic E-state index is 12.5. The highest BCUT2D eigenvalue weighted by Gasteiger charge is 2.11. The van der Waals surface area contributed by atoms with Gasteiger partial charge in [0.1, 0.15) is 29.7 Å². The molecule has 0 saturated carbocycles. The second-order valence-corrected chi connectivity index (χ2v) is 7.37. The number of nitrogens with one attached hydrogen (secondary N) is 1. The van der Waals surface area contributed by atoms with Crippen molar-refractivity contribution < 1.29 is 14.3 Å². The van der Waals surface area contributed by atoms with E-state index in [4.69, 9.17) is 21.1 Å². The summed E-state index contributed by atoms with van der Waals surface area (Å²) in [5, 5.41) is 12.6. The second kappa shape index (κ2) is 11.6. The average Bonchev–Trinajstić information content (AvgIpc) is 2.82. The van der Waals surface area contributed by atoms with Gasteiger partial charge >= 0.3 is 0 Å². The fourth-order valence-corrected chi connectivity index (χ4v) is 3.07. The topological polar surface area (TPSA) is 71.3 Å². The molecular formula is C26H23ClN2O3. The molecule has 1 N–H and O–H groups in total. The lowest BCUT2D eigenvalue weighted by Crippen LogP contribution is -2.13. The summed E-state index contributed by atoms with van der Waals surface area (Å²) in [4.78, 5) is 12.5. The Hall–Kier alpha value is -3.75. The highest BCUT2D eigenvalue weighted by atomic mass is 35.5. The minimum Gasteiger partial charge on any atom is -0.492 e. The SMILES string of the molecule is CCCOc1ccc(/C=C(\C#N)C(=O)Nc2ccc(OCc3ccccc3)cc2)cc1Cl. The number of nitriles is 1. The van der Waals surface area contributed by atoms with Crippen LogP contribution in [0.4, 0.5) is 5.69 Å². The number of anilines is 1. The third kappa shape index (κ3) is 6.63. The Bertz CT molecular complexity index is 1120. The summed E-state index contributed by atoms with van der Waals surface area (Å²) in [5.41, 5.74) is 2.23. The molecular weight excluding hydrogens is 424 g/mol. The first kappa shape index (κ1) is 22.9. The van der Waals surface area contributed by atoms with Crippen molar-refractivity contribution in [3.05, 3.63) is 94.5 Å². The lowest BCUT2D eigenvalue weighted by atomic mass is 10.1. The van der Waals surface area contributed by atoms with Crippen LogP contribution >= 0.6 is 11.6 Å². The van der Waals surface area contributed by atoms with E-state index >= 15 is 0 Å². The molecule has 0 saturated heterocycles. The normalized spacial score (nSPS) is 10.8. The van der Waals surface area contributed by atoms with Crippen LogP contribution in [0.15, 0.2) is 78.4 Å². The van der Waals surface area contributed by atoms with Gasteiger partial charge in [-0.15, -0.1) is 0 Å². The maximum Gasteiger partial charge on any atom is 0.266 e. The number of carbonyl (C=O) groups excluding carboxylic acids is 1. The molecule has 0 heterocycles. The van der Waals surface area contributed by atoms with Crippen molar-refractivity contribution in [1.29, 1.82) is 5.26 Å². The molecule has 0 radical (unpaired) electrons. The number of nitrogens with zero attached hydrogens (tertiary/aromatic N) is 1. The fraction of sp³-hybridized carbons (Fsp3) is 0.154. The quantitative estimate of drug-likeness (QED) is 0.311. The van der Waals surface area contributed by atoms with E-state index in [9.17, 15) is 10.1 Å². The van der Waals surface area contributed by atoms with Crippen molar-refractivity contribution in [2.75, 3.05) is 11.9 Å². The van der Waals surface area contributed by atoms with Gasteiger partial charge in [0.05, 0.1) is 11.6 Å². The van der Waals surface area contributed by atoms with Gasteiger partial charge in [0.25, 0.3) is 5.91 Å². The zero-order valence-corrected chi connectivity index (χ0v) is 18.4. The molecule has 32 heavy (non-hydrogen) atoms. The van der Waals surface area contributed by atoms with Gasteiger partial charge < -0.3 is 14.8 Å². The van der Waals surface area contributed by atoms with Crippen LogP contribution in [0.25, 0.3) is 6.08 Å². The van der Waals surface area contributed by atoms with Gasteiger partial charge in [-0.05, 0) is 60.0 Å². The Balaban J connectivity index is 1.62. The van der Waals surface area contributed by atoms with Crippen molar-refractivity contribution in [1.82, 2.24) is 0 Å². The molecule has 6 heteroatoms. The summed E-state index contributed by atoms with van der Waals surface area (Å²) in [7, 11) is 0. The number of hydrogen-bond acceptors (Lipinski definition) is 4. The molecule has 0 aromatic heterocycles. The summed E-state index contributed by atoms with van der Waals surface area (Å²) in [6.45, 7) is 3.03. The summed E-state index contributed by atoms with van der Waals surface area (Å²) >= 11 is 6.23. The van der Waals surface area contributed by atoms with Gasteiger partial charge in [0, 0.05) is 5.69 Å². The molecule has 5 nitrogen and oxygen atoms in total. The number of rotatable bonds is 9. The molecule has 3 aromatic rings. The largest absolute Gasteiger partial charge is 0.492 e. The van der Waals surface area contributed by atoms with E-state index in [1.165, 1.54) is 6.08 Å². The zero-order valence-electron chi connectivity index (χ0n) is 17.7. The number of hydrogen-bond donors (Lipinski definition) is 1. The van der Waals surface area contributed by atoms with E-state index in [1.54, 1.807) is 42.5 Å². The van der Waals surface area contributed by atoms with Gasteiger partial charge in [-0.1, -0.05) is 54.9 Å². The van der Waals surface area contributed by atoms with Crippen LogP contribution in [0.5, 0.6) is 11.5 Å². The highest BCUT2D eigenvalue weighted by Crippen LogP contribution is 2.27. The van der Waals surface area contributed by atoms with Crippen molar-refractivity contribution in [3.63, 3.8) is 0 Å². The van der Waals surface area contributed by atoms with Crippen LogP contribution in [0.3, 0.4) is 0 Å². The second-order valence-electron chi connectivity index (χ2n) is 6.96. The number of carbonyl (C=O) groups is 1. The van der Waals surface area contributed by atoms with E-state index in [0.29, 0.717) is 41.0 Å². The van der Waals surface area contributed by atoms with Crippen molar-refractivity contribution in [2.45, 2.75) is 20.0 Å². The Labute approximate surface area is 192 Å². The van der Waals surface area contributed by atoms with Crippen molar-refractivity contribution in [3.8, 4) is 17.6 Å². The van der Waals surface area contributed by atoms with Crippen LogP contribution in [0.2, 0.25) is 5.02 Å². The van der Waals surface area contributed by atoms with Crippen LogP contribution in [-0.4, -0.2) is 12.5 Å². The first-order chi connectivity index (χ1) is 15.6. The van der Waals surface area contributed by atoms with E-state index in [0.717, 1.165) is 12.0 Å². The molecule has 0 aliphatic carbocycles. The molecule has 0 bridgehead atoms. The maximum absolute atomic E-state index is 12.5. The fourth-order valence-electron chi connectivity index (χ4n) is 2.83. The lowest BCUT2D eigenvalue weighted by molar-refractivity contribution is -0.112. The molecule has 3 aromatic carbocycles. The lowest BCUT2D eigenvalue weighted by Gasteiger charge is -2.09. The Morgan fingerprint density at radius 2 is 1.81 bits per heavy atom. The standard InChI is InChI=1S/C26H23ClN2O3/c1-2-14-31-25-13-8-20(16-24(25)27)15-21(17-28)26(30)29-22-9-11-23(12-10-22)32-18-19-6-4-3-5-7-19/h3-13,15-16H,2,14,18H2,1H3,(H,29,30)/b21-15+. The molecule has 0 spiro atoms. The number of benzene rings is 3. The van der Waals surface area contributed by atoms with Crippen LogP contribution < -0.4 is 14.8 Å². The minimum atomic E-state index is -0.507. The zero-order chi connectivity index (χ0) is 22.8. The minimum absolute atomic E-state index is 0.0345. The number of halogens is 1. The van der Waals surface area contributed by atoms with Crippen LogP contribution in [0, 0.1) is 11.3 Å². The highest BCUT2D eigenvalue weighted by molar-refractivity contribution is 6.32. The first-order valence-electron chi connectivity index (χ1n) is 10.2. The van der Waals surface area contributed by atoms with E-state index < -0.39 is 5.91 Å². The van der Waals surface area contributed by atoms with Crippen molar-refractivity contribution in [2.24, 2.45) is 0 Å². The first-order valence-corrected chi connectivity index (χ1v) is 10.6. The summed E-state index contributed by atoms with van der Waals surface area (Å²) in [6.07, 6.45) is 2.36. The van der Waals surface area contributed by atoms with Crippen molar-refractivity contribution >= 4 is 29.3 Å². The molecule has 0 fully saturated rings. The average molecular weight is 447 g/mol. The molecule has 0 atom stereocenters. The molecule has 162 valence electrons.